The number of hydrogen-bond donors (Lipinski definition) is 2. The summed E-state index contributed by atoms with van der Waals surface area (Å²) in [6, 6.07) is 8.76. The summed E-state index contributed by atoms with van der Waals surface area (Å²) in [6.07, 6.45) is 1.46. The SMILES string of the molecule is CCOc1ccc(NC(=O)c2ccc(N)cn2)c(C)c1. The van der Waals surface area contributed by atoms with E-state index < -0.39 is 0 Å². The van der Waals surface area contributed by atoms with Crippen LogP contribution in [0.5, 0.6) is 5.75 Å². The number of nitrogens with two attached hydrogens (primary N) is 1. The van der Waals surface area contributed by atoms with Crippen LogP contribution in [0.3, 0.4) is 0 Å². The Morgan fingerprint density at radius 1 is 1.35 bits per heavy atom. The van der Waals surface area contributed by atoms with Crippen molar-refractivity contribution in [3.05, 3.63) is 47.8 Å². The van der Waals surface area contributed by atoms with Gasteiger partial charge in [-0.2, -0.15) is 0 Å². The molecule has 0 radical (unpaired) electrons. The van der Waals surface area contributed by atoms with E-state index in [0.717, 1.165) is 17.0 Å². The third-order valence-electron chi connectivity index (χ3n) is 2.78. The van der Waals surface area contributed by atoms with Gasteiger partial charge in [-0.25, -0.2) is 4.98 Å². The van der Waals surface area contributed by atoms with Crippen LogP contribution in [0.25, 0.3) is 0 Å². The Kier molecular flexibility index (Phi) is 4.20. The van der Waals surface area contributed by atoms with Crippen molar-refractivity contribution in [1.82, 2.24) is 4.98 Å². The molecule has 1 heterocycles. The van der Waals surface area contributed by atoms with Crippen molar-refractivity contribution in [2.45, 2.75) is 13.8 Å². The van der Waals surface area contributed by atoms with Crippen LogP contribution in [0.2, 0.25) is 0 Å². The number of nitrogens with zero attached hydrogens (tertiary/aromatic N) is 1. The zero-order valence-electron chi connectivity index (χ0n) is 11.5. The lowest BCUT2D eigenvalue weighted by Gasteiger charge is -2.10. The molecule has 1 aromatic heterocycles. The fourth-order valence-electron chi connectivity index (χ4n) is 1.76. The number of nitrogens with one attached hydrogen (secondary N) is 1. The molecule has 0 aliphatic heterocycles. The van der Waals surface area contributed by atoms with Crippen molar-refractivity contribution in [3.63, 3.8) is 0 Å². The summed E-state index contributed by atoms with van der Waals surface area (Å²) in [7, 11) is 0. The van der Waals surface area contributed by atoms with Crippen LogP contribution in [0.1, 0.15) is 23.0 Å². The molecule has 20 heavy (non-hydrogen) atoms. The van der Waals surface area contributed by atoms with Gasteiger partial charge >= 0.3 is 0 Å². The Morgan fingerprint density at radius 2 is 2.15 bits per heavy atom. The number of nitrogen functional groups attached to an aromatic ring is 1. The highest BCUT2D eigenvalue weighted by Gasteiger charge is 2.09. The minimum absolute atomic E-state index is 0.266. The number of ether oxygens (including phenoxy) is 1. The summed E-state index contributed by atoms with van der Waals surface area (Å²) in [4.78, 5) is 16.0. The van der Waals surface area contributed by atoms with E-state index in [0.29, 0.717) is 18.0 Å². The Bertz CT molecular complexity index is 609. The predicted molar refractivity (Wildman–Crippen MR) is 79.0 cm³/mol. The molecular weight excluding hydrogens is 254 g/mol. The lowest BCUT2D eigenvalue weighted by Crippen LogP contribution is -2.14. The molecule has 0 aliphatic carbocycles. The lowest BCUT2D eigenvalue weighted by atomic mass is 10.2. The zero-order valence-corrected chi connectivity index (χ0v) is 11.5. The topological polar surface area (TPSA) is 77.2 Å². The normalized spacial score (nSPS) is 10.1. The number of carbonyl (C=O) groups excluding carboxylic acids is 1. The minimum atomic E-state index is -0.266. The van der Waals surface area contributed by atoms with Gasteiger partial charge in [0.2, 0.25) is 0 Å². The monoisotopic (exact) mass is 271 g/mol. The standard InChI is InChI=1S/C15H17N3O2/c1-3-20-12-5-7-13(10(2)8-12)18-15(19)14-6-4-11(16)9-17-14/h4-9H,3,16H2,1-2H3,(H,18,19). The molecule has 1 amide bonds. The highest BCUT2D eigenvalue weighted by molar-refractivity contribution is 6.03. The van der Waals surface area contributed by atoms with Crippen LogP contribution in [-0.2, 0) is 0 Å². The van der Waals surface area contributed by atoms with Crippen molar-refractivity contribution >= 4 is 17.3 Å². The lowest BCUT2D eigenvalue weighted by molar-refractivity contribution is 0.102. The number of rotatable bonds is 4. The van der Waals surface area contributed by atoms with E-state index in [1.54, 1.807) is 12.1 Å². The molecule has 0 fully saturated rings. The molecule has 104 valence electrons. The van der Waals surface area contributed by atoms with Crippen LogP contribution in [0.4, 0.5) is 11.4 Å². The van der Waals surface area contributed by atoms with Crippen LogP contribution in [0, 0.1) is 6.92 Å². The van der Waals surface area contributed by atoms with Gasteiger partial charge in [0.1, 0.15) is 11.4 Å². The van der Waals surface area contributed by atoms with Gasteiger partial charge in [0.15, 0.2) is 0 Å². The van der Waals surface area contributed by atoms with Crippen molar-refractivity contribution in [2.24, 2.45) is 0 Å². The summed E-state index contributed by atoms with van der Waals surface area (Å²) in [5.74, 6) is 0.519. The van der Waals surface area contributed by atoms with Crippen LogP contribution < -0.4 is 15.8 Å². The first-order valence-corrected chi connectivity index (χ1v) is 6.36. The van der Waals surface area contributed by atoms with E-state index in [4.69, 9.17) is 10.5 Å². The van der Waals surface area contributed by atoms with Crippen molar-refractivity contribution < 1.29 is 9.53 Å². The number of anilines is 2. The van der Waals surface area contributed by atoms with Crippen LogP contribution >= 0.6 is 0 Å². The second kappa shape index (κ2) is 6.06. The van der Waals surface area contributed by atoms with Gasteiger partial charge < -0.3 is 15.8 Å². The molecule has 1 aromatic carbocycles. The molecule has 0 bridgehead atoms. The van der Waals surface area contributed by atoms with E-state index in [1.165, 1.54) is 6.20 Å². The first-order chi connectivity index (χ1) is 9.60. The molecular formula is C15H17N3O2. The van der Waals surface area contributed by atoms with Crippen LogP contribution in [-0.4, -0.2) is 17.5 Å². The fourth-order valence-corrected chi connectivity index (χ4v) is 1.76. The van der Waals surface area contributed by atoms with Crippen LogP contribution in [0.15, 0.2) is 36.5 Å². The van der Waals surface area contributed by atoms with E-state index in [-0.39, 0.29) is 5.91 Å². The fraction of sp³-hybridized carbons (Fsp3) is 0.200. The average Bonchev–Trinajstić information content (AvgIpc) is 2.43. The molecule has 0 saturated heterocycles. The third-order valence-corrected chi connectivity index (χ3v) is 2.78. The maximum absolute atomic E-state index is 12.0. The third kappa shape index (κ3) is 3.26. The smallest absolute Gasteiger partial charge is 0.274 e. The summed E-state index contributed by atoms with van der Waals surface area (Å²) in [5, 5.41) is 2.82. The Balaban J connectivity index is 2.13. The number of aryl methyl sites for hydroxylation is 1. The Morgan fingerprint density at radius 3 is 2.75 bits per heavy atom. The van der Waals surface area contributed by atoms with Crippen molar-refractivity contribution in [3.8, 4) is 5.75 Å². The molecule has 3 N–H and O–H groups in total. The van der Waals surface area contributed by atoms with E-state index in [1.807, 2.05) is 32.0 Å². The van der Waals surface area contributed by atoms with Gasteiger partial charge in [-0.1, -0.05) is 0 Å². The Hall–Kier alpha value is -2.56. The number of pyridine rings is 1. The van der Waals surface area contributed by atoms with E-state index in [2.05, 4.69) is 10.3 Å². The van der Waals surface area contributed by atoms with Crippen molar-refractivity contribution in [1.29, 1.82) is 0 Å². The summed E-state index contributed by atoms with van der Waals surface area (Å²) in [6.45, 7) is 4.45. The summed E-state index contributed by atoms with van der Waals surface area (Å²) in [5.41, 5.74) is 8.06. The predicted octanol–water partition coefficient (Wildman–Crippen LogP) is 2.62. The number of benzene rings is 1. The van der Waals surface area contributed by atoms with E-state index in [9.17, 15) is 4.79 Å². The Labute approximate surface area is 117 Å². The van der Waals surface area contributed by atoms with Gasteiger partial charge in [-0.05, 0) is 49.7 Å². The van der Waals surface area contributed by atoms with E-state index >= 15 is 0 Å². The minimum Gasteiger partial charge on any atom is -0.494 e. The molecule has 0 saturated carbocycles. The van der Waals surface area contributed by atoms with Gasteiger partial charge in [0.05, 0.1) is 18.5 Å². The molecule has 5 nitrogen and oxygen atoms in total. The molecule has 5 heteroatoms. The molecule has 2 aromatic rings. The van der Waals surface area contributed by atoms with Gasteiger partial charge in [0, 0.05) is 5.69 Å². The summed E-state index contributed by atoms with van der Waals surface area (Å²) >= 11 is 0. The summed E-state index contributed by atoms with van der Waals surface area (Å²) < 4.78 is 5.41. The van der Waals surface area contributed by atoms with Gasteiger partial charge in [0.25, 0.3) is 5.91 Å². The zero-order chi connectivity index (χ0) is 14.5. The first-order valence-electron chi connectivity index (χ1n) is 6.36. The number of hydrogen-bond acceptors (Lipinski definition) is 4. The maximum atomic E-state index is 12.0. The number of aromatic nitrogens is 1. The molecule has 0 spiro atoms. The highest BCUT2D eigenvalue weighted by Crippen LogP contribution is 2.21. The highest BCUT2D eigenvalue weighted by atomic mass is 16.5. The quantitative estimate of drug-likeness (QED) is 0.896. The first kappa shape index (κ1) is 13.9. The largest absolute Gasteiger partial charge is 0.494 e. The second-order valence-electron chi connectivity index (χ2n) is 4.34. The average molecular weight is 271 g/mol. The number of amides is 1. The van der Waals surface area contributed by atoms with Gasteiger partial charge in [-0.15, -0.1) is 0 Å². The maximum Gasteiger partial charge on any atom is 0.274 e. The molecule has 0 aliphatic rings. The molecule has 0 atom stereocenters. The number of carbonyl (C=O) groups is 1. The second-order valence-corrected chi connectivity index (χ2v) is 4.34. The molecule has 0 unspecified atom stereocenters. The van der Waals surface area contributed by atoms with Crippen molar-refractivity contribution in [2.75, 3.05) is 17.7 Å². The van der Waals surface area contributed by atoms with Gasteiger partial charge in [-0.3, -0.25) is 4.79 Å². The molecule has 2 rings (SSSR count).